The van der Waals surface area contributed by atoms with Crippen molar-refractivity contribution < 1.29 is 29.0 Å². The van der Waals surface area contributed by atoms with Crippen LogP contribution in [0.25, 0.3) is 0 Å². The average Bonchev–Trinajstić information content (AvgIpc) is 2.56. The first-order chi connectivity index (χ1) is 11.5. The molecule has 1 amide bonds. The number of carboxylic acid groups (broad SMARTS) is 1. The highest BCUT2D eigenvalue weighted by atomic mass is 16.6. The third kappa shape index (κ3) is 8.17. The minimum absolute atomic E-state index is 0.0190. The number of alkyl carbamates (subject to hydrolysis) is 1. The van der Waals surface area contributed by atoms with Gasteiger partial charge < -0.3 is 19.9 Å². The first-order valence-corrected chi connectivity index (χ1v) is 7.88. The molecule has 1 aromatic carbocycles. The molecule has 0 saturated heterocycles. The van der Waals surface area contributed by atoms with Gasteiger partial charge in [0.2, 0.25) is 0 Å². The number of hydrogen-bond donors (Lipinski definition) is 2. The van der Waals surface area contributed by atoms with E-state index in [1.54, 1.807) is 6.92 Å². The van der Waals surface area contributed by atoms with E-state index >= 15 is 0 Å². The molecule has 0 saturated carbocycles. The summed E-state index contributed by atoms with van der Waals surface area (Å²) in [6.07, 6.45) is 0.509. The number of ether oxygens (including phenoxy) is 2. The van der Waals surface area contributed by atoms with Crippen molar-refractivity contribution in [1.82, 2.24) is 5.32 Å². The van der Waals surface area contributed by atoms with Crippen LogP contribution in [0.3, 0.4) is 0 Å². The Morgan fingerprint density at radius 2 is 1.83 bits per heavy atom. The van der Waals surface area contributed by atoms with Crippen LogP contribution in [-0.2, 0) is 25.7 Å². The molecule has 0 radical (unpaired) electrons. The maximum atomic E-state index is 12.2. The van der Waals surface area contributed by atoms with Gasteiger partial charge in [-0.15, -0.1) is 0 Å². The molecule has 0 fully saturated rings. The Morgan fingerprint density at radius 1 is 1.12 bits per heavy atom. The highest BCUT2D eigenvalue weighted by Gasteiger charge is 2.22. The summed E-state index contributed by atoms with van der Waals surface area (Å²) in [5, 5.41) is 11.1. The molecule has 7 nitrogen and oxygen atoms in total. The molecule has 0 aliphatic heterocycles. The number of hydrogen-bond acceptors (Lipinski definition) is 5. The summed E-state index contributed by atoms with van der Waals surface area (Å²) in [7, 11) is 0. The van der Waals surface area contributed by atoms with Gasteiger partial charge in [-0.05, 0) is 25.3 Å². The molecular formula is C17H23NO6. The van der Waals surface area contributed by atoms with Gasteiger partial charge in [-0.25, -0.2) is 9.59 Å². The van der Waals surface area contributed by atoms with Gasteiger partial charge in [-0.1, -0.05) is 36.8 Å². The van der Waals surface area contributed by atoms with Crippen LogP contribution in [0.5, 0.6) is 0 Å². The van der Waals surface area contributed by atoms with Crippen LogP contribution in [-0.4, -0.2) is 35.8 Å². The number of nitrogens with one attached hydrogen (secondary N) is 1. The van der Waals surface area contributed by atoms with Gasteiger partial charge in [0.05, 0.1) is 6.61 Å². The zero-order valence-corrected chi connectivity index (χ0v) is 13.7. The van der Waals surface area contributed by atoms with Crippen molar-refractivity contribution in [3.63, 3.8) is 0 Å². The van der Waals surface area contributed by atoms with Gasteiger partial charge in [0, 0.05) is 6.42 Å². The van der Waals surface area contributed by atoms with Crippen LogP contribution in [0.15, 0.2) is 30.3 Å². The van der Waals surface area contributed by atoms with Gasteiger partial charge in [0.1, 0.15) is 12.6 Å². The molecule has 0 aliphatic carbocycles. The number of benzene rings is 1. The maximum Gasteiger partial charge on any atom is 0.407 e. The minimum atomic E-state index is -0.892. The predicted molar refractivity (Wildman–Crippen MR) is 86.3 cm³/mol. The molecule has 132 valence electrons. The van der Waals surface area contributed by atoms with Crippen LogP contribution in [0.1, 0.15) is 38.2 Å². The van der Waals surface area contributed by atoms with E-state index in [2.05, 4.69) is 5.32 Å². The number of carbonyl (C=O) groups excluding carboxylic acids is 2. The van der Waals surface area contributed by atoms with E-state index < -0.39 is 24.1 Å². The number of unbranched alkanes of at least 4 members (excludes halogenated alkanes) is 1. The van der Waals surface area contributed by atoms with Crippen molar-refractivity contribution in [2.75, 3.05) is 6.61 Å². The summed E-state index contributed by atoms with van der Waals surface area (Å²) in [6.45, 7) is 1.96. The van der Waals surface area contributed by atoms with E-state index in [9.17, 15) is 14.4 Å². The van der Waals surface area contributed by atoms with Crippen LogP contribution in [0.4, 0.5) is 4.79 Å². The monoisotopic (exact) mass is 337 g/mol. The Balaban J connectivity index is 2.52. The summed E-state index contributed by atoms with van der Waals surface area (Å²) in [6, 6.07) is 8.33. The van der Waals surface area contributed by atoms with Crippen LogP contribution < -0.4 is 5.32 Å². The normalized spacial score (nSPS) is 11.4. The third-order valence-electron chi connectivity index (χ3n) is 3.21. The molecule has 7 heteroatoms. The number of carbonyl (C=O) groups is 3. The Labute approximate surface area is 141 Å². The number of carboxylic acids is 1. The highest BCUT2D eigenvalue weighted by Crippen LogP contribution is 2.08. The van der Waals surface area contributed by atoms with E-state index in [4.69, 9.17) is 14.6 Å². The molecule has 0 bridgehead atoms. The Morgan fingerprint density at radius 3 is 2.46 bits per heavy atom. The topological polar surface area (TPSA) is 102 Å². The fourth-order valence-electron chi connectivity index (χ4n) is 2.02. The smallest absolute Gasteiger partial charge is 0.407 e. The first-order valence-electron chi connectivity index (χ1n) is 7.88. The second-order valence-electron chi connectivity index (χ2n) is 5.15. The molecule has 1 rings (SSSR count). The molecule has 0 aliphatic rings. The quantitative estimate of drug-likeness (QED) is 0.502. The molecular weight excluding hydrogens is 314 g/mol. The van der Waals surface area contributed by atoms with E-state index in [-0.39, 0.29) is 19.6 Å². The van der Waals surface area contributed by atoms with Gasteiger partial charge in [0.25, 0.3) is 0 Å². The lowest BCUT2D eigenvalue weighted by Crippen LogP contribution is -2.42. The number of amides is 1. The summed E-state index contributed by atoms with van der Waals surface area (Å²) in [5.74, 6) is -1.46. The van der Waals surface area contributed by atoms with Crippen molar-refractivity contribution in [3.05, 3.63) is 35.9 Å². The molecule has 0 aromatic heterocycles. The molecule has 0 heterocycles. The number of esters is 1. The van der Waals surface area contributed by atoms with Gasteiger partial charge in [0.15, 0.2) is 0 Å². The Bertz CT molecular complexity index is 531. The van der Waals surface area contributed by atoms with E-state index in [0.29, 0.717) is 19.3 Å². The Hall–Kier alpha value is -2.57. The number of rotatable bonds is 10. The number of aliphatic carboxylic acids is 1. The summed E-state index contributed by atoms with van der Waals surface area (Å²) in [5.41, 5.74) is 0.839. The van der Waals surface area contributed by atoms with Gasteiger partial charge in [-0.2, -0.15) is 0 Å². The second-order valence-corrected chi connectivity index (χ2v) is 5.15. The molecule has 2 N–H and O–H groups in total. The lowest BCUT2D eigenvalue weighted by atomic mass is 10.1. The second kappa shape index (κ2) is 11.0. The van der Waals surface area contributed by atoms with E-state index in [1.165, 1.54) is 0 Å². The van der Waals surface area contributed by atoms with Crippen molar-refractivity contribution in [2.45, 2.75) is 45.3 Å². The van der Waals surface area contributed by atoms with Crippen LogP contribution in [0, 0.1) is 0 Å². The van der Waals surface area contributed by atoms with Crippen LogP contribution in [0.2, 0.25) is 0 Å². The zero-order valence-electron chi connectivity index (χ0n) is 13.7. The fourth-order valence-corrected chi connectivity index (χ4v) is 2.02. The zero-order chi connectivity index (χ0) is 17.8. The van der Waals surface area contributed by atoms with Crippen molar-refractivity contribution in [3.8, 4) is 0 Å². The SMILES string of the molecule is CCOC(=O)N[C@@H](CCCCC(=O)O)C(=O)OCc1ccccc1. The predicted octanol–water partition coefficient (Wildman–Crippen LogP) is 2.49. The van der Waals surface area contributed by atoms with Gasteiger partial charge >= 0.3 is 18.0 Å². The summed E-state index contributed by atoms with van der Waals surface area (Å²) in [4.78, 5) is 34.2. The summed E-state index contributed by atoms with van der Waals surface area (Å²) < 4.78 is 10.00. The Kier molecular flexibility index (Phi) is 8.96. The van der Waals surface area contributed by atoms with Crippen molar-refractivity contribution in [2.24, 2.45) is 0 Å². The van der Waals surface area contributed by atoms with Crippen molar-refractivity contribution in [1.29, 1.82) is 0 Å². The minimum Gasteiger partial charge on any atom is -0.481 e. The molecule has 24 heavy (non-hydrogen) atoms. The van der Waals surface area contributed by atoms with E-state index in [1.807, 2.05) is 30.3 Å². The molecule has 0 unspecified atom stereocenters. The third-order valence-corrected chi connectivity index (χ3v) is 3.21. The van der Waals surface area contributed by atoms with E-state index in [0.717, 1.165) is 5.56 Å². The molecule has 1 aromatic rings. The van der Waals surface area contributed by atoms with Crippen LogP contribution >= 0.6 is 0 Å². The first kappa shape index (κ1) is 19.5. The average molecular weight is 337 g/mol. The van der Waals surface area contributed by atoms with Gasteiger partial charge in [-0.3, -0.25) is 4.79 Å². The van der Waals surface area contributed by atoms with Crippen molar-refractivity contribution >= 4 is 18.0 Å². The lowest BCUT2D eigenvalue weighted by molar-refractivity contribution is -0.147. The fraction of sp³-hybridized carbons (Fsp3) is 0.471. The summed E-state index contributed by atoms with van der Waals surface area (Å²) >= 11 is 0. The largest absolute Gasteiger partial charge is 0.481 e. The molecule has 0 spiro atoms. The molecule has 1 atom stereocenters. The highest BCUT2D eigenvalue weighted by molar-refractivity contribution is 5.81. The lowest BCUT2D eigenvalue weighted by Gasteiger charge is -2.17. The standard InChI is InChI=1S/C17H23NO6/c1-2-23-17(22)18-14(10-6-7-11-15(19)20)16(21)24-12-13-8-4-3-5-9-13/h3-5,8-9,14H,2,6-7,10-12H2,1H3,(H,18,22)(H,19,20)/t14-/m0/s1. The maximum absolute atomic E-state index is 12.2.